The van der Waals surface area contributed by atoms with Gasteiger partial charge in [0, 0.05) is 42.0 Å². The van der Waals surface area contributed by atoms with Gasteiger partial charge in [0.15, 0.2) is 5.96 Å². The van der Waals surface area contributed by atoms with Crippen LogP contribution in [0.3, 0.4) is 0 Å². The molecule has 0 bridgehead atoms. The molecule has 2 aromatic carbocycles. The zero-order valence-electron chi connectivity index (χ0n) is 18.2. The first-order chi connectivity index (χ1) is 15.2. The minimum absolute atomic E-state index is 0. The number of halogens is 1. The Morgan fingerprint density at radius 2 is 1.66 bits per heavy atom. The Bertz CT molecular complexity index is 1080. The number of hydrogen-bond acceptors (Lipinski definition) is 3. The maximum atomic E-state index is 11.9. The quantitative estimate of drug-likeness (QED) is 0.242. The van der Waals surface area contributed by atoms with Crippen LogP contribution in [0.4, 0.5) is 0 Å². The molecule has 32 heavy (non-hydrogen) atoms. The molecule has 1 fully saturated rings. The Kier molecular flexibility index (Phi) is 8.81. The van der Waals surface area contributed by atoms with Crippen molar-refractivity contribution in [2.24, 2.45) is 4.99 Å². The topological polar surface area (TPSA) is 58.4 Å². The molecular formula is C25H29IN4OS. The molecule has 5 nitrogen and oxygen atoms in total. The number of guanidine groups is 1. The summed E-state index contributed by atoms with van der Waals surface area (Å²) in [6, 6.07) is 24.2. The predicted molar refractivity (Wildman–Crippen MR) is 144 cm³/mol. The molecule has 0 saturated heterocycles. The van der Waals surface area contributed by atoms with E-state index in [1.54, 1.807) is 23.7 Å². The summed E-state index contributed by atoms with van der Waals surface area (Å²) in [6.07, 6.45) is 4.27. The van der Waals surface area contributed by atoms with E-state index in [0.29, 0.717) is 13.1 Å². The molecule has 2 N–H and O–H groups in total. The second-order valence-corrected chi connectivity index (χ2v) is 9.40. The van der Waals surface area contributed by atoms with Gasteiger partial charge in [0.05, 0.1) is 6.54 Å². The van der Waals surface area contributed by atoms with Gasteiger partial charge in [-0.15, -0.1) is 35.7 Å². The van der Waals surface area contributed by atoms with E-state index in [2.05, 4.69) is 70.2 Å². The summed E-state index contributed by atoms with van der Waals surface area (Å²) in [5.74, 6) is 0.819. The highest BCUT2D eigenvalue weighted by atomic mass is 127. The largest absolute Gasteiger partial charge is 0.355 e. The molecule has 0 unspecified atom stereocenters. The van der Waals surface area contributed by atoms with Gasteiger partial charge < -0.3 is 15.2 Å². The number of nitrogens with zero attached hydrogens (tertiary/aromatic N) is 2. The van der Waals surface area contributed by atoms with Crippen molar-refractivity contribution < 1.29 is 0 Å². The van der Waals surface area contributed by atoms with Gasteiger partial charge in [-0.2, -0.15) is 0 Å². The molecule has 7 heteroatoms. The SMILES string of the molecule is CN=C(NCc1ccc(Cn2ccccc2=O)cc1)NCC1(Sc2ccccc2)CC1.I. The first-order valence-corrected chi connectivity index (χ1v) is 11.4. The van der Waals surface area contributed by atoms with Crippen LogP contribution in [0.1, 0.15) is 24.0 Å². The summed E-state index contributed by atoms with van der Waals surface area (Å²) in [5.41, 5.74) is 2.29. The van der Waals surface area contributed by atoms with Gasteiger partial charge in [0.1, 0.15) is 0 Å². The number of pyridine rings is 1. The van der Waals surface area contributed by atoms with Crippen LogP contribution in [0.15, 0.2) is 93.7 Å². The van der Waals surface area contributed by atoms with Crippen molar-refractivity contribution >= 4 is 41.7 Å². The highest BCUT2D eigenvalue weighted by molar-refractivity contribution is 14.0. The molecule has 1 aromatic heterocycles. The molecule has 168 valence electrons. The number of benzene rings is 2. The van der Waals surface area contributed by atoms with E-state index in [1.807, 2.05) is 24.0 Å². The summed E-state index contributed by atoms with van der Waals surface area (Å²) in [6.45, 7) is 2.18. The van der Waals surface area contributed by atoms with Crippen LogP contribution in [0.25, 0.3) is 0 Å². The summed E-state index contributed by atoms with van der Waals surface area (Å²) in [7, 11) is 1.81. The van der Waals surface area contributed by atoms with Gasteiger partial charge in [-0.05, 0) is 42.2 Å². The van der Waals surface area contributed by atoms with Gasteiger partial charge >= 0.3 is 0 Å². The van der Waals surface area contributed by atoms with Crippen LogP contribution in [-0.2, 0) is 13.1 Å². The highest BCUT2D eigenvalue weighted by Gasteiger charge is 2.43. The molecular weight excluding hydrogens is 531 g/mol. The third-order valence-electron chi connectivity index (χ3n) is 5.42. The van der Waals surface area contributed by atoms with Crippen molar-refractivity contribution in [3.8, 4) is 0 Å². The summed E-state index contributed by atoms with van der Waals surface area (Å²) >= 11 is 1.96. The molecule has 3 aromatic rings. The van der Waals surface area contributed by atoms with E-state index in [-0.39, 0.29) is 34.3 Å². The molecule has 0 atom stereocenters. The van der Waals surface area contributed by atoms with E-state index in [1.165, 1.54) is 23.3 Å². The molecule has 1 aliphatic carbocycles. The average Bonchev–Trinajstić information content (AvgIpc) is 3.56. The van der Waals surface area contributed by atoms with Gasteiger partial charge in [-0.25, -0.2) is 0 Å². The number of rotatable bonds is 8. The third-order valence-corrected chi connectivity index (χ3v) is 6.92. The first kappa shape index (κ1) is 24.4. The van der Waals surface area contributed by atoms with E-state index in [0.717, 1.165) is 18.1 Å². The van der Waals surface area contributed by atoms with Crippen LogP contribution in [0, 0.1) is 0 Å². The molecule has 4 rings (SSSR count). The lowest BCUT2D eigenvalue weighted by Crippen LogP contribution is -2.40. The van der Waals surface area contributed by atoms with Crippen molar-refractivity contribution in [1.29, 1.82) is 0 Å². The molecule has 0 spiro atoms. The maximum absolute atomic E-state index is 11.9. The van der Waals surface area contributed by atoms with E-state index >= 15 is 0 Å². The Balaban J connectivity index is 0.00000289. The van der Waals surface area contributed by atoms with Crippen LogP contribution in [0.5, 0.6) is 0 Å². The van der Waals surface area contributed by atoms with Gasteiger partial charge in [0.25, 0.3) is 5.56 Å². The lowest BCUT2D eigenvalue weighted by molar-refractivity contribution is 0.756. The summed E-state index contributed by atoms with van der Waals surface area (Å²) < 4.78 is 1.98. The molecule has 0 amide bonds. The molecule has 0 radical (unpaired) electrons. The van der Waals surface area contributed by atoms with Gasteiger partial charge in [-0.1, -0.05) is 48.5 Å². The van der Waals surface area contributed by atoms with Crippen LogP contribution >= 0.6 is 35.7 Å². The predicted octanol–water partition coefficient (Wildman–Crippen LogP) is 4.50. The smallest absolute Gasteiger partial charge is 0.250 e. The summed E-state index contributed by atoms with van der Waals surface area (Å²) in [4.78, 5) is 17.6. The molecule has 1 heterocycles. The van der Waals surface area contributed by atoms with Gasteiger partial charge in [-0.3, -0.25) is 9.79 Å². The highest BCUT2D eigenvalue weighted by Crippen LogP contribution is 2.51. The molecule has 0 aliphatic heterocycles. The number of hydrogen-bond donors (Lipinski definition) is 2. The Hall–Kier alpha value is -2.26. The monoisotopic (exact) mass is 560 g/mol. The maximum Gasteiger partial charge on any atom is 0.250 e. The van der Waals surface area contributed by atoms with Crippen LogP contribution in [0.2, 0.25) is 0 Å². The van der Waals surface area contributed by atoms with Crippen LogP contribution < -0.4 is 16.2 Å². The Labute approximate surface area is 210 Å². The lowest BCUT2D eigenvalue weighted by Gasteiger charge is -2.18. The number of nitrogens with one attached hydrogen (secondary N) is 2. The minimum Gasteiger partial charge on any atom is -0.355 e. The fourth-order valence-electron chi connectivity index (χ4n) is 3.39. The molecule has 1 aliphatic rings. The van der Waals surface area contributed by atoms with Crippen molar-refractivity contribution in [3.05, 3.63) is 100 Å². The number of aromatic nitrogens is 1. The lowest BCUT2D eigenvalue weighted by atomic mass is 10.1. The van der Waals surface area contributed by atoms with E-state index < -0.39 is 0 Å². The third kappa shape index (κ3) is 6.87. The average molecular weight is 561 g/mol. The van der Waals surface area contributed by atoms with Crippen LogP contribution in [-0.4, -0.2) is 28.9 Å². The Morgan fingerprint density at radius 1 is 0.969 bits per heavy atom. The van der Waals surface area contributed by atoms with E-state index in [4.69, 9.17) is 0 Å². The van der Waals surface area contributed by atoms with E-state index in [9.17, 15) is 4.79 Å². The summed E-state index contributed by atoms with van der Waals surface area (Å²) in [5, 5.41) is 6.90. The minimum atomic E-state index is 0. The van der Waals surface area contributed by atoms with Crippen molar-refractivity contribution in [2.75, 3.05) is 13.6 Å². The van der Waals surface area contributed by atoms with Gasteiger partial charge in [0.2, 0.25) is 0 Å². The second-order valence-electron chi connectivity index (χ2n) is 7.86. The second kappa shape index (κ2) is 11.6. The first-order valence-electron chi connectivity index (χ1n) is 10.6. The zero-order chi connectivity index (χ0) is 21.5. The standard InChI is InChI=1S/C25H28N4OS.HI/c1-26-24(28-19-25(14-15-25)31-22-7-3-2-4-8-22)27-17-20-10-12-21(13-11-20)18-29-16-6-5-9-23(29)30;/h2-13,16H,14-15,17-19H2,1H3,(H2,26,27,28);1H. The van der Waals surface area contributed by atoms with Crippen molar-refractivity contribution in [2.45, 2.75) is 35.6 Å². The molecule has 1 saturated carbocycles. The Morgan fingerprint density at radius 3 is 2.31 bits per heavy atom. The fraction of sp³-hybridized carbons (Fsp3) is 0.280. The number of thioether (sulfide) groups is 1. The van der Waals surface area contributed by atoms with Crippen molar-refractivity contribution in [1.82, 2.24) is 15.2 Å². The fourth-order valence-corrected chi connectivity index (χ4v) is 4.64. The number of aliphatic imine (C=N–C) groups is 1. The van der Waals surface area contributed by atoms with Crippen molar-refractivity contribution in [3.63, 3.8) is 0 Å². The zero-order valence-corrected chi connectivity index (χ0v) is 21.3. The normalized spacial score (nSPS) is 14.3.